The highest BCUT2D eigenvalue weighted by Crippen LogP contribution is 1.91. The van der Waals surface area contributed by atoms with Crippen LogP contribution in [0.3, 0.4) is 0 Å². The highest BCUT2D eigenvalue weighted by molar-refractivity contribution is 7.07. The van der Waals surface area contributed by atoms with Crippen LogP contribution in [0.2, 0.25) is 0 Å². The maximum Gasteiger partial charge on any atom is 0.109 e. The molecule has 2 radical (unpaired) electrons. The first-order valence-corrected chi connectivity index (χ1v) is 3.49. The second kappa shape index (κ2) is 7.62. The molecule has 1 aromatic heterocycles. The average molecular weight is 144 g/mol. The molecule has 2 nitrogen and oxygen atoms in total. The topological polar surface area (TPSA) is 39.8 Å². The van der Waals surface area contributed by atoms with Gasteiger partial charge < -0.3 is 0 Å². The lowest BCUT2D eigenvalue weighted by Gasteiger charge is -1.61. The van der Waals surface area contributed by atoms with Crippen LogP contribution in [0.25, 0.3) is 0 Å². The predicted molar refractivity (Wildman–Crippen MR) is 35.4 cm³/mol. The maximum atomic E-state index is 8.99. The van der Waals surface area contributed by atoms with Gasteiger partial charge in [-0.3, -0.25) is 0 Å². The average Bonchev–Trinajstić information content (AvgIpc) is 2.43. The normalized spacial score (nSPS) is 7.78. The van der Waals surface area contributed by atoms with Gasteiger partial charge in [0.25, 0.3) is 0 Å². The number of hydrogen-bond acceptors (Lipinski definition) is 1. The van der Waals surface area contributed by atoms with Gasteiger partial charge in [-0.15, -0.1) is 0 Å². The van der Waals surface area contributed by atoms with Crippen molar-refractivity contribution >= 4 is 11.3 Å². The van der Waals surface area contributed by atoms with Crippen LogP contribution in [0, 0.1) is 0 Å². The summed E-state index contributed by atoms with van der Waals surface area (Å²) in [5.41, 5.74) is 0. The van der Waals surface area contributed by atoms with Crippen molar-refractivity contribution in [1.82, 2.24) is 0 Å². The molecule has 0 spiro atoms. The quantitative estimate of drug-likeness (QED) is 0.574. The molecule has 0 aromatic carbocycles. The monoisotopic (exact) mass is 144 g/mol. The molecule has 0 N–H and O–H groups in total. The van der Waals surface area contributed by atoms with E-state index in [-0.39, 0.29) is 0 Å². The Morgan fingerprint density at radius 3 is 1.56 bits per heavy atom. The van der Waals surface area contributed by atoms with Crippen molar-refractivity contribution < 1.29 is 10.2 Å². The van der Waals surface area contributed by atoms with Crippen molar-refractivity contribution in [3.8, 4) is 0 Å². The Balaban J connectivity index is 0.000000148. The molecule has 0 amide bonds. The van der Waals surface area contributed by atoms with Gasteiger partial charge in [-0.05, 0) is 10.8 Å². The molecule has 9 heavy (non-hydrogen) atoms. The Hall–Kier alpha value is -0.380. The lowest BCUT2D eigenvalue weighted by molar-refractivity contribution is 0.0866. The van der Waals surface area contributed by atoms with E-state index in [4.69, 9.17) is 10.2 Å². The van der Waals surface area contributed by atoms with Gasteiger partial charge in [-0.1, -0.05) is 12.1 Å². The molecule has 0 unspecified atom stereocenters. The van der Waals surface area contributed by atoms with Gasteiger partial charge in [0.15, 0.2) is 0 Å². The maximum absolute atomic E-state index is 8.99. The smallest absolute Gasteiger partial charge is 0.109 e. The van der Waals surface area contributed by atoms with Gasteiger partial charge in [-0.2, -0.15) is 11.3 Å². The molecule has 50 valence electrons. The van der Waals surface area contributed by atoms with Crippen LogP contribution in [-0.4, -0.2) is 13.2 Å². The van der Waals surface area contributed by atoms with Gasteiger partial charge >= 0.3 is 0 Å². The number of thiophene rings is 1. The summed E-state index contributed by atoms with van der Waals surface area (Å²) >= 11 is 1.71. The Labute approximate surface area is 58.4 Å². The van der Waals surface area contributed by atoms with Crippen LogP contribution in [-0.2, 0) is 10.2 Å². The van der Waals surface area contributed by atoms with Gasteiger partial charge in [0, 0.05) is 0 Å². The first-order chi connectivity index (χ1) is 4.41. The van der Waals surface area contributed by atoms with Crippen LogP contribution in [0.4, 0.5) is 0 Å². The zero-order valence-corrected chi connectivity index (χ0v) is 5.76. The van der Waals surface area contributed by atoms with Gasteiger partial charge in [-0.25, -0.2) is 10.2 Å². The minimum absolute atomic E-state index is 0.486. The van der Waals surface area contributed by atoms with Crippen LogP contribution < -0.4 is 0 Å². The van der Waals surface area contributed by atoms with Gasteiger partial charge in [0.2, 0.25) is 0 Å². The Morgan fingerprint density at radius 1 is 1.00 bits per heavy atom. The predicted octanol–water partition coefficient (Wildman–Crippen LogP) is 1.60. The van der Waals surface area contributed by atoms with E-state index in [1.807, 2.05) is 22.9 Å². The molecule has 0 atom stereocenters. The van der Waals surface area contributed by atoms with Crippen LogP contribution in [0.1, 0.15) is 0 Å². The zero-order valence-electron chi connectivity index (χ0n) is 4.95. The summed E-state index contributed by atoms with van der Waals surface area (Å²) in [7, 11) is 0. The molecule has 0 aliphatic heterocycles. The molecular formula is C6H8O2S. The molecule has 0 aliphatic carbocycles. The zero-order chi connectivity index (χ0) is 6.95. The largest absolute Gasteiger partial charge is 0.234 e. The van der Waals surface area contributed by atoms with E-state index in [1.165, 1.54) is 0 Å². The summed E-state index contributed by atoms with van der Waals surface area (Å²) in [6.45, 7) is -0.972. The summed E-state index contributed by atoms with van der Waals surface area (Å²) in [4.78, 5) is 0. The van der Waals surface area contributed by atoms with Crippen molar-refractivity contribution in [3.63, 3.8) is 0 Å². The second-order valence-electron chi connectivity index (χ2n) is 1.20. The van der Waals surface area contributed by atoms with E-state index in [1.54, 1.807) is 11.3 Å². The number of rotatable bonds is 1. The van der Waals surface area contributed by atoms with Crippen molar-refractivity contribution in [2.75, 3.05) is 13.2 Å². The van der Waals surface area contributed by atoms with Crippen LogP contribution in [0.5, 0.6) is 0 Å². The molecule has 0 aliphatic rings. The fourth-order valence-electron chi connectivity index (χ4n) is 0.227. The van der Waals surface area contributed by atoms with E-state index in [0.29, 0.717) is 0 Å². The van der Waals surface area contributed by atoms with Crippen molar-refractivity contribution in [2.45, 2.75) is 0 Å². The highest BCUT2D eigenvalue weighted by Gasteiger charge is 1.64. The van der Waals surface area contributed by atoms with E-state index in [2.05, 4.69) is 0 Å². The van der Waals surface area contributed by atoms with E-state index < -0.39 is 13.2 Å². The fraction of sp³-hybridized carbons (Fsp3) is 0.333. The molecule has 0 fully saturated rings. The summed E-state index contributed by atoms with van der Waals surface area (Å²) in [5, 5.41) is 22.1. The summed E-state index contributed by atoms with van der Waals surface area (Å²) in [6.07, 6.45) is 0. The molecule has 1 aromatic rings. The Bertz CT molecular complexity index is 86.6. The Kier molecular flexibility index (Phi) is 7.30. The minimum Gasteiger partial charge on any atom is -0.234 e. The first-order valence-electron chi connectivity index (χ1n) is 2.55. The number of hydrogen-bond donors (Lipinski definition) is 0. The third kappa shape index (κ3) is 7.62. The standard InChI is InChI=1S/C4H4S.C2H4O2/c1-2-4-5-3-1;3-1-2-4/h1-4H;1-2H2. The SMILES string of the molecule is [O]CC[O].c1ccsc1. The summed E-state index contributed by atoms with van der Waals surface area (Å²) in [5.74, 6) is 0. The van der Waals surface area contributed by atoms with Crippen molar-refractivity contribution in [3.05, 3.63) is 22.9 Å². The van der Waals surface area contributed by atoms with Crippen molar-refractivity contribution in [2.24, 2.45) is 0 Å². The molecule has 3 heteroatoms. The third-order valence-corrected chi connectivity index (χ3v) is 1.14. The lowest BCUT2D eigenvalue weighted by Crippen LogP contribution is -1.80. The molecular weight excluding hydrogens is 136 g/mol. The van der Waals surface area contributed by atoms with E-state index in [9.17, 15) is 0 Å². The second-order valence-corrected chi connectivity index (χ2v) is 2.02. The van der Waals surface area contributed by atoms with E-state index >= 15 is 0 Å². The van der Waals surface area contributed by atoms with Gasteiger partial charge in [0.05, 0.1) is 0 Å². The first kappa shape index (κ1) is 8.62. The lowest BCUT2D eigenvalue weighted by atomic mass is 10.7. The molecule has 0 bridgehead atoms. The Morgan fingerprint density at radius 2 is 1.44 bits per heavy atom. The van der Waals surface area contributed by atoms with Crippen molar-refractivity contribution in [1.29, 1.82) is 0 Å². The molecule has 0 saturated heterocycles. The minimum atomic E-state index is -0.486. The molecule has 1 heterocycles. The van der Waals surface area contributed by atoms with Crippen LogP contribution >= 0.6 is 11.3 Å². The highest BCUT2D eigenvalue weighted by atomic mass is 32.1. The third-order valence-electron chi connectivity index (χ3n) is 0.509. The summed E-state index contributed by atoms with van der Waals surface area (Å²) in [6, 6.07) is 4.04. The van der Waals surface area contributed by atoms with Crippen LogP contribution in [0.15, 0.2) is 22.9 Å². The van der Waals surface area contributed by atoms with E-state index in [0.717, 1.165) is 0 Å². The molecule has 0 saturated carbocycles. The van der Waals surface area contributed by atoms with Gasteiger partial charge in [0.1, 0.15) is 13.2 Å². The molecule has 1 rings (SSSR count). The summed E-state index contributed by atoms with van der Waals surface area (Å²) < 4.78 is 0. The fourth-order valence-corrected chi connectivity index (χ4v) is 0.680.